The van der Waals surface area contributed by atoms with Crippen LogP contribution in [0.3, 0.4) is 0 Å². The van der Waals surface area contributed by atoms with E-state index in [1.54, 1.807) is 0 Å². The van der Waals surface area contributed by atoms with Gasteiger partial charge in [0.1, 0.15) is 0 Å². The maximum atomic E-state index is 12.5. The summed E-state index contributed by atoms with van der Waals surface area (Å²) in [5.74, 6) is 0.598. The average Bonchev–Trinajstić information content (AvgIpc) is 3.08. The van der Waals surface area contributed by atoms with Crippen molar-refractivity contribution in [3.8, 4) is 0 Å². The number of hydrogen-bond donors (Lipinski definition) is 1. The number of rotatable bonds is 2. The zero-order valence-corrected chi connectivity index (χ0v) is 12.2. The molecule has 0 aliphatic carbocycles. The molecule has 2 fully saturated rings. The molecule has 1 N–H and O–H groups in total. The second-order valence-electron chi connectivity index (χ2n) is 6.07. The van der Waals surface area contributed by atoms with Crippen molar-refractivity contribution < 1.29 is 4.79 Å². The van der Waals surface area contributed by atoms with Gasteiger partial charge in [0.15, 0.2) is 5.69 Å². The third kappa shape index (κ3) is 2.44. The SMILES string of the molecule is CC1CCN(C(=O)c2cn(C3CCNCC3)nn2)C1C. The zero-order chi connectivity index (χ0) is 14.1. The highest BCUT2D eigenvalue weighted by Crippen LogP contribution is 2.25. The molecular formula is C14H23N5O. The Kier molecular flexibility index (Phi) is 3.74. The van der Waals surface area contributed by atoms with Crippen LogP contribution in [-0.2, 0) is 0 Å². The Labute approximate surface area is 119 Å². The Morgan fingerprint density at radius 1 is 1.30 bits per heavy atom. The lowest BCUT2D eigenvalue weighted by atomic mass is 10.1. The van der Waals surface area contributed by atoms with Crippen LogP contribution >= 0.6 is 0 Å². The van der Waals surface area contributed by atoms with Gasteiger partial charge >= 0.3 is 0 Å². The predicted molar refractivity (Wildman–Crippen MR) is 75.4 cm³/mol. The molecule has 110 valence electrons. The fourth-order valence-electron chi connectivity index (χ4n) is 3.15. The summed E-state index contributed by atoms with van der Waals surface area (Å²) in [6.45, 7) is 7.17. The third-order valence-corrected chi connectivity index (χ3v) is 4.81. The van der Waals surface area contributed by atoms with Crippen LogP contribution in [0.15, 0.2) is 6.20 Å². The van der Waals surface area contributed by atoms with Crippen LogP contribution in [0.2, 0.25) is 0 Å². The predicted octanol–water partition coefficient (Wildman–Crippen LogP) is 1.07. The van der Waals surface area contributed by atoms with Crippen molar-refractivity contribution >= 4 is 5.91 Å². The summed E-state index contributed by atoms with van der Waals surface area (Å²) in [4.78, 5) is 14.4. The van der Waals surface area contributed by atoms with Crippen molar-refractivity contribution in [3.05, 3.63) is 11.9 Å². The minimum Gasteiger partial charge on any atom is -0.334 e. The van der Waals surface area contributed by atoms with E-state index in [4.69, 9.17) is 0 Å². The number of carbonyl (C=O) groups is 1. The quantitative estimate of drug-likeness (QED) is 0.878. The summed E-state index contributed by atoms with van der Waals surface area (Å²) in [6, 6.07) is 0.673. The maximum Gasteiger partial charge on any atom is 0.276 e. The summed E-state index contributed by atoms with van der Waals surface area (Å²) < 4.78 is 1.87. The van der Waals surface area contributed by atoms with Gasteiger partial charge in [-0.3, -0.25) is 4.79 Å². The van der Waals surface area contributed by atoms with Gasteiger partial charge in [-0.25, -0.2) is 4.68 Å². The number of nitrogens with one attached hydrogen (secondary N) is 1. The molecule has 20 heavy (non-hydrogen) atoms. The van der Waals surface area contributed by atoms with E-state index in [9.17, 15) is 4.79 Å². The zero-order valence-electron chi connectivity index (χ0n) is 12.2. The van der Waals surface area contributed by atoms with E-state index in [1.807, 2.05) is 15.8 Å². The highest BCUT2D eigenvalue weighted by atomic mass is 16.2. The van der Waals surface area contributed by atoms with Crippen molar-refractivity contribution in [3.63, 3.8) is 0 Å². The first-order chi connectivity index (χ1) is 9.66. The van der Waals surface area contributed by atoms with Crippen molar-refractivity contribution in [2.45, 2.75) is 45.2 Å². The molecular weight excluding hydrogens is 254 g/mol. The van der Waals surface area contributed by atoms with E-state index in [0.29, 0.717) is 23.7 Å². The van der Waals surface area contributed by atoms with E-state index in [-0.39, 0.29) is 5.91 Å². The summed E-state index contributed by atoms with van der Waals surface area (Å²) in [5, 5.41) is 11.6. The summed E-state index contributed by atoms with van der Waals surface area (Å²) in [6.07, 6.45) is 5.01. The fourth-order valence-corrected chi connectivity index (χ4v) is 3.15. The van der Waals surface area contributed by atoms with Crippen LogP contribution in [0.5, 0.6) is 0 Å². The molecule has 0 bridgehead atoms. The summed E-state index contributed by atoms with van der Waals surface area (Å²) >= 11 is 0. The molecule has 2 aliphatic rings. The number of likely N-dealkylation sites (tertiary alicyclic amines) is 1. The van der Waals surface area contributed by atoms with Crippen LogP contribution in [0.25, 0.3) is 0 Å². The molecule has 2 aliphatic heterocycles. The fraction of sp³-hybridized carbons (Fsp3) is 0.786. The summed E-state index contributed by atoms with van der Waals surface area (Å²) in [7, 11) is 0. The number of piperidine rings is 1. The lowest BCUT2D eigenvalue weighted by molar-refractivity contribution is 0.0729. The molecule has 2 saturated heterocycles. The maximum absolute atomic E-state index is 12.5. The second-order valence-corrected chi connectivity index (χ2v) is 6.07. The van der Waals surface area contributed by atoms with Crippen LogP contribution in [0, 0.1) is 5.92 Å². The van der Waals surface area contributed by atoms with Gasteiger partial charge in [0.2, 0.25) is 0 Å². The van der Waals surface area contributed by atoms with Gasteiger partial charge < -0.3 is 10.2 Å². The lowest BCUT2D eigenvalue weighted by Gasteiger charge is -2.23. The molecule has 0 spiro atoms. The number of carbonyl (C=O) groups excluding carboxylic acids is 1. The molecule has 0 radical (unpaired) electrons. The molecule has 6 nitrogen and oxygen atoms in total. The highest BCUT2D eigenvalue weighted by Gasteiger charge is 2.33. The van der Waals surface area contributed by atoms with Gasteiger partial charge in [0, 0.05) is 12.6 Å². The number of amides is 1. The molecule has 1 aromatic rings. The first kappa shape index (κ1) is 13.5. The normalized spacial score (nSPS) is 28.0. The van der Waals surface area contributed by atoms with E-state index in [2.05, 4.69) is 29.5 Å². The molecule has 3 rings (SSSR count). The van der Waals surface area contributed by atoms with Crippen LogP contribution < -0.4 is 5.32 Å². The van der Waals surface area contributed by atoms with E-state index in [1.165, 1.54) is 0 Å². The van der Waals surface area contributed by atoms with E-state index >= 15 is 0 Å². The minimum atomic E-state index is 0.0297. The van der Waals surface area contributed by atoms with Crippen molar-refractivity contribution in [2.24, 2.45) is 5.92 Å². The number of aromatic nitrogens is 3. The largest absolute Gasteiger partial charge is 0.334 e. The molecule has 2 unspecified atom stereocenters. The molecule has 0 aromatic carbocycles. The number of hydrogen-bond acceptors (Lipinski definition) is 4. The first-order valence-electron chi connectivity index (χ1n) is 7.60. The van der Waals surface area contributed by atoms with Crippen molar-refractivity contribution in [1.82, 2.24) is 25.2 Å². The van der Waals surface area contributed by atoms with Gasteiger partial charge in [-0.15, -0.1) is 5.10 Å². The molecule has 2 atom stereocenters. The molecule has 6 heteroatoms. The average molecular weight is 277 g/mol. The lowest BCUT2D eigenvalue weighted by Crippen LogP contribution is -2.35. The van der Waals surface area contributed by atoms with Gasteiger partial charge in [0.05, 0.1) is 12.2 Å². The molecule has 1 amide bonds. The second kappa shape index (κ2) is 5.52. The van der Waals surface area contributed by atoms with Crippen LogP contribution in [0.4, 0.5) is 0 Å². The van der Waals surface area contributed by atoms with Gasteiger partial charge in [0.25, 0.3) is 5.91 Å². The number of nitrogens with zero attached hydrogens (tertiary/aromatic N) is 4. The van der Waals surface area contributed by atoms with Crippen molar-refractivity contribution in [1.29, 1.82) is 0 Å². The smallest absolute Gasteiger partial charge is 0.276 e. The topological polar surface area (TPSA) is 63.1 Å². The molecule has 0 saturated carbocycles. The Morgan fingerprint density at radius 3 is 2.70 bits per heavy atom. The Hall–Kier alpha value is -1.43. The van der Waals surface area contributed by atoms with Crippen molar-refractivity contribution in [2.75, 3.05) is 19.6 Å². The Bertz CT molecular complexity index is 480. The van der Waals surface area contributed by atoms with Gasteiger partial charge in [-0.05, 0) is 45.2 Å². The molecule has 3 heterocycles. The molecule has 1 aromatic heterocycles. The van der Waals surface area contributed by atoms with E-state index in [0.717, 1.165) is 38.9 Å². The summed E-state index contributed by atoms with van der Waals surface area (Å²) in [5.41, 5.74) is 0.490. The van der Waals surface area contributed by atoms with E-state index < -0.39 is 0 Å². The highest BCUT2D eigenvalue weighted by molar-refractivity contribution is 5.92. The monoisotopic (exact) mass is 277 g/mol. The third-order valence-electron chi connectivity index (χ3n) is 4.81. The standard InChI is InChI=1S/C14H23N5O/c1-10-5-8-18(11(10)2)14(20)13-9-19(17-16-13)12-3-6-15-7-4-12/h9-12,15H,3-8H2,1-2H3. The van der Waals surface area contributed by atoms with Crippen LogP contribution in [-0.4, -0.2) is 51.5 Å². The minimum absolute atomic E-state index is 0.0297. The van der Waals surface area contributed by atoms with Gasteiger partial charge in [-0.2, -0.15) is 0 Å². The Balaban J connectivity index is 1.71. The Morgan fingerprint density at radius 2 is 2.05 bits per heavy atom. The van der Waals surface area contributed by atoms with Gasteiger partial charge in [-0.1, -0.05) is 12.1 Å². The van der Waals surface area contributed by atoms with Crippen LogP contribution in [0.1, 0.15) is 49.6 Å². The first-order valence-corrected chi connectivity index (χ1v) is 7.60.